The zero-order valence-electron chi connectivity index (χ0n) is 15.6. The van der Waals surface area contributed by atoms with Gasteiger partial charge >= 0.3 is 0 Å². The van der Waals surface area contributed by atoms with Crippen LogP contribution in [0.2, 0.25) is 0 Å². The van der Waals surface area contributed by atoms with Crippen molar-refractivity contribution >= 4 is 0 Å². The predicted octanol–water partition coefficient (Wildman–Crippen LogP) is 2.23. The van der Waals surface area contributed by atoms with E-state index in [4.69, 9.17) is 4.52 Å². The molecule has 1 fully saturated rings. The number of nitrogens with zero attached hydrogens (tertiary/aromatic N) is 4. The molecule has 1 aromatic heterocycles. The molecule has 6 heteroatoms. The van der Waals surface area contributed by atoms with Gasteiger partial charge in [-0.2, -0.15) is 4.98 Å². The number of likely N-dealkylation sites (tertiary alicyclic amines) is 1. The van der Waals surface area contributed by atoms with Gasteiger partial charge in [0.05, 0.1) is 12.6 Å². The smallest absolute Gasteiger partial charge is 0.223 e. The molecule has 25 heavy (non-hydrogen) atoms. The Morgan fingerprint density at radius 2 is 2.12 bits per heavy atom. The largest absolute Gasteiger partial charge is 0.387 e. The van der Waals surface area contributed by atoms with Crippen LogP contribution in [0.3, 0.4) is 0 Å². The van der Waals surface area contributed by atoms with Crippen LogP contribution in [0.15, 0.2) is 22.7 Å². The second-order valence-corrected chi connectivity index (χ2v) is 7.21. The topological polar surface area (TPSA) is 65.6 Å². The van der Waals surface area contributed by atoms with Gasteiger partial charge in [-0.3, -0.25) is 9.80 Å². The maximum absolute atomic E-state index is 10.6. The van der Waals surface area contributed by atoms with Gasteiger partial charge in [-0.25, -0.2) is 0 Å². The molecule has 0 radical (unpaired) electrons. The van der Waals surface area contributed by atoms with E-state index >= 15 is 0 Å². The summed E-state index contributed by atoms with van der Waals surface area (Å²) in [5, 5.41) is 14.5. The Morgan fingerprint density at radius 1 is 1.32 bits per heavy atom. The van der Waals surface area contributed by atoms with Crippen molar-refractivity contribution < 1.29 is 9.63 Å². The number of aliphatic hydroxyl groups excluding tert-OH is 1. The summed E-state index contributed by atoms with van der Waals surface area (Å²) in [6, 6.07) is 6.66. The lowest BCUT2D eigenvalue weighted by Gasteiger charge is -2.24. The van der Waals surface area contributed by atoms with Crippen LogP contribution >= 0.6 is 0 Å². The molecule has 0 aliphatic carbocycles. The van der Waals surface area contributed by atoms with Crippen molar-refractivity contribution in [3.8, 4) is 0 Å². The Bertz CT molecular complexity index is 715. The molecule has 3 rings (SSSR count). The Labute approximate surface area is 149 Å². The van der Waals surface area contributed by atoms with Gasteiger partial charge in [0.1, 0.15) is 0 Å². The van der Waals surface area contributed by atoms with E-state index in [0.29, 0.717) is 25.0 Å². The van der Waals surface area contributed by atoms with Gasteiger partial charge in [0.2, 0.25) is 5.89 Å². The SMILES string of the molecule is Cc1nc(CN(C)[C@@H]2CCN(C[C@H](O)c3ccc(C)c(C)c3)C2)no1. The number of hydrogen-bond donors (Lipinski definition) is 1. The maximum atomic E-state index is 10.6. The van der Waals surface area contributed by atoms with Crippen LogP contribution in [0.1, 0.15) is 40.9 Å². The van der Waals surface area contributed by atoms with Crippen molar-refractivity contribution in [2.75, 3.05) is 26.7 Å². The highest BCUT2D eigenvalue weighted by Gasteiger charge is 2.28. The summed E-state index contributed by atoms with van der Waals surface area (Å²) >= 11 is 0. The summed E-state index contributed by atoms with van der Waals surface area (Å²) in [5.74, 6) is 1.33. The van der Waals surface area contributed by atoms with Gasteiger partial charge in [0, 0.05) is 26.1 Å². The van der Waals surface area contributed by atoms with Gasteiger partial charge in [0.25, 0.3) is 0 Å². The molecular weight excluding hydrogens is 316 g/mol. The van der Waals surface area contributed by atoms with Crippen LogP contribution in [-0.2, 0) is 6.54 Å². The minimum atomic E-state index is -0.441. The molecule has 0 bridgehead atoms. The van der Waals surface area contributed by atoms with Crippen molar-refractivity contribution in [1.29, 1.82) is 0 Å². The highest BCUT2D eigenvalue weighted by Crippen LogP contribution is 2.22. The molecule has 0 spiro atoms. The van der Waals surface area contributed by atoms with E-state index in [-0.39, 0.29) is 0 Å². The average Bonchev–Trinajstić information content (AvgIpc) is 3.19. The molecule has 6 nitrogen and oxygen atoms in total. The van der Waals surface area contributed by atoms with E-state index in [9.17, 15) is 5.11 Å². The van der Waals surface area contributed by atoms with Gasteiger partial charge < -0.3 is 9.63 Å². The van der Waals surface area contributed by atoms with Crippen LogP contribution in [-0.4, -0.2) is 57.8 Å². The Kier molecular flexibility index (Phi) is 5.51. The number of aliphatic hydroxyl groups is 1. The molecule has 1 N–H and O–H groups in total. The Hall–Kier alpha value is -1.76. The average molecular weight is 344 g/mol. The van der Waals surface area contributed by atoms with Gasteiger partial charge in [-0.15, -0.1) is 0 Å². The van der Waals surface area contributed by atoms with E-state index < -0.39 is 6.10 Å². The lowest BCUT2D eigenvalue weighted by Crippen LogP contribution is -2.35. The van der Waals surface area contributed by atoms with Crippen molar-refractivity contribution in [2.24, 2.45) is 0 Å². The molecule has 1 aromatic carbocycles. The fraction of sp³-hybridized carbons (Fsp3) is 0.579. The monoisotopic (exact) mass is 344 g/mol. The van der Waals surface area contributed by atoms with E-state index in [2.05, 4.69) is 53.0 Å². The van der Waals surface area contributed by atoms with Crippen molar-refractivity contribution in [2.45, 2.75) is 45.9 Å². The first-order valence-corrected chi connectivity index (χ1v) is 8.89. The van der Waals surface area contributed by atoms with Crippen LogP contribution in [0, 0.1) is 20.8 Å². The molecule has 2 heterocycles. The van der Waals surface area contributed by atoms with E-state index in [1.165, 1.54) is 11.1 Å². The number of likely N-dealkylation sites (N-methyl/N-ethyl adjacent to an activating group) is 1. The normalized spacial score (nSPS) is 19.7. The lowest BCUT2D eigenvalue weighted by molar-refractivity contribution is 0.120. The number of benzene rings is 1. The molecule has 1 aliphatic rings. The second kappa shape index (κ2) is 7.64. The summed E-state index contributed by atoms with van der Waals surface area (Å²) in [5.41, 5.74) is 3.49. The maximum Gasteiger partial charge on any atom is 0.223 e. The third-order valence-corrected chi connectivity index (χ3v) is 5.18. The van der Waals surface area contributed by atoms with Crippen LogP contribution < -0.4 is 0 Å². The standard InChI is InChI=1S/C19H28N4O2/c1-13-5-6-16(9-14(13)2)18(24)11-23-8-7-17(10-23)22(4)12-19-20-15(3)25-21-19/h5-6,9,17-18,24H,7-8,10-12H2,1-4H3/t17-,18+/m1/s1. The summed E-state index contributed by atoms with van der Waals surface area (Å²) < 4.78 is 5.04. The predicted molar refractivity (Wildman–Crippen MR) is 96.2 cm³/mol. The lowest BCUT2D eigenvalue weighted by atomic mass is 10.0. The number of rotatable bonds is 6. The quantitative estimate of drug-likeness (QED) is 0.867. The first-order valence-electron chi connectivity index (χ1n) is 8.89. The fourth-order valence-electron chi connectivity index (χ4n) is 3.42. The first-order chi connectivity index (χ1) is 11.9. The molecule has 1 saturated heterocycles. The summed E-state index contributed by atoms with van der Waals surface area (Å²) in [6.07, 6.45) is 0.649. The van der Waals surface area contributed by atoms with Crippen LogP contribution in [0.25, 0.3) is 0 Å². The van der Waals surface area contributed by atoms with E-state index in [1.807, 2.05) is 13.0 Å². The highest BCUT2D eigenvalue weighted by molar-refractivity contribution is 5.31. The van der Waals surface area contributed by atoms with Crippen molar-refractivity contribution in [3.05, 3.63) is 46.6 Å². The molecule has 2 atom stereocenters. The molecular formula is C19H28N4O2. The molecule has 0 amide bonds. The van der Waals surface area contributed by atoms with Crippen molar-refractivity contribution in [1.82, 2.24) is 19.9 Å². The van der Waals surface area contributed by atoms with E-state index in [0.717, 1.165) is 30.9 Å². The first kappa shape index (κ1) is 18.0. The van der Waals surface area contributed by atoms with Crippen molar-refractivity contribution in [3.63, 3.8) is 0 Å². The van der Waals surface area contributed by atoms with Crippen LogP contribution in [0.5, 0.6) is 0 Å². The summed E-state index contributed by atoms with van der Waals surface area (Å²) in [6.45, 7) is 9.31. The number of hydrogen-bond acceptors (Lipinski definition) is 6. The fourth-order valence-corrected chi connectivity index (χ4v) is 3.42. The minimum absolute atomic E-state index is 0.441. The van der Waals surface area contributed by atoms with Crippen LogP contribution in [0.4, 0.5) is 0 Å². The zero-order valence-corrected chi connectivity index (χ0v) is 15.6. The zero-order chi connectivity index (χ0) is 18.0. The summed E-state index contributed by atoms with van der Waals surface area (Å²) in [4.78, 5) is 8.88. The molecule has 0 saturated carbocycles. The number of aryl methyl sites for hydroxylation is 3. The minimum Gasteiger partial charge on any atom is -0.387 e. The third kappa shape index (κ3) is 4.45. The second-order valence-electron chi connectivity index (χ2n) is 7.21. The van der Waals surface area contributed by atoms with Gasteiger partial charge in [-0.05, 0) is 50.6 Å². The molecule has 1 aliphatic heterocycles. The van der Waals surface area contributed by atoms with E-state index in [1.54, 1.807) is 0 Å². The summed E-state index contributed by atoms with van der Waals surface area (Å²) in [7, 11) is 2.10. The number of aromatic nitrogens is 2. The highest BCUT2D eigenvalue weighted by atomic mass is 16.5. The molecule has 136 valence electrons. The number of β-amino-alcohol motifs (C(OH)–C–C–N with tert-alkyl or cyclic N) is 1. The molecule has 2 aromatic rings. The Morgan fingerprint density at radius 3 is 2.80 bits per heavy atom. The third-order valence-electron chi connectivity index (χ3n) is 5.18. The van der Waals surface area contributed by atoms with Gasteiger partial charge in [0.15, 0.2) is 5.82 Å². The van der Waals surface area contributed by atoms with Gasteiger partial charge in [-0.1, -0.05) is 23.4 Å². The molecule has 0 unspecified atom stereocenters. The Balaban J connectivity index is 1.52.